The number of fused-ring (bicyclic) bond motifs is 1. The zero-order chi connectivity index (χ0) is 17.9. The predicted octanol–water partition coefficient (Wildman–Crippen LogP) is 3.59. The second kappa shape index (κ2) is 5.16. The summed E-state index contributed by atoms with van der Waals surface area (Å²) in [6, 6.07) is 7.92. The molecule has 3 aliphatic rings. The van der Waals surface area contributed by atoms with Crippen LogP contribution in [0, 0.1) is 6.92 Å². The second-order valence-corrected chi connectivity index (χ2v) is 7.77. The Kier molecular flexibility index (Phi) is 3.09. The SMILES string of the molecule is CCOC(=O)c1ccc(C)c(C23CC(c4cnc5ncccn45)(C2)C3)c1. The smallest absolute Gasteiger partial charge is 0.338 e. The summed E-state index contributed by atoms with van der Waals surface area (Å²) in [5, 5.41) is 0. The molecule has 3 saturated carbocycles. The molecule has 5 heteroatoms. The molecule has 2 bridgehead atoms. The van der Waals surface area contributed by atoms with Crippen molar-refractivity contribution in [3.05, 3.63) is 65.2 Å². The molecule has 5 nitrogen and oxygen atoms in total. The predicted molar refractivity (Wildman–Crippen MR) is 97.3 cm³/mol. The van der Waals surface area contributed by atoms with Gasteiger partial charge in [0.25, 0.3) is 0 Å². The van der Waals surface area contributed by atoms with Crippen molar-refractivity contribution in [1.82, 2.24) is 14.4 Å². The number of carbonyl (C=O) groups excluding carboxylic acids is 1. The Balaban J connectivity index is 1.45. The Morgan fingerprint density at radius 3 is 2.81 bits per heavy atom. The first-order valence-corrected chi connectivity index (χ1v) is 9.14. The third-order valence-corrected chi connectivity index (χ3v) is 6.18. The number of hydrogen-bond donors (Lipinski definition) is 0. The molecular weight excluding hydrogens is 326 g/mol. The summed E-state index contributed by atoms with van der Waals surface area (Å²) in [5.74, 6) is 0.532. The summed E-state index contributed by atoms with van der Waals surface area (Å²) in [6.07, 6.45) is 9.12. The van der Waals surface area contributed by atoms with Gasteiger partial charge in [0, 0.05) is 17.8 Å². The van der Waals surface area contributed by atoms with E-state index in [9.17, 15) is 4.79 Å². The van der Waals surface area contributed by atoms with Crippen molar-refractivity contribution in [2.75, 3.05) is 6.61 Å². The Labute approximate surface area is 152 Å². The normalized spacial score (nSPS) is 26.2. The summed E-state index contributed by atoms with van der Waals surface area (Å²) in [5.41, 5.74) is 4.88. The molecule has 3 fully saturated rings. The lowest BCUT2D eigenvalue weighted by atomic mass is 9.32. The second-order valence-electron chi connectivity index (χ2n) is 7.77. The molecule has 3 aliphatic carbocycles. The quantitative estimate of drug-likeness (QED) is 0.677. The number of ether oxygens (including phenoxy) is 1. The van der Waals surface area contributed by atoms with E-state index in [-0.39, 0.29) is 16.8 Å². The third kappa shape index (κ3) is 1.94. The number of aromatic nitrogens is 3. The fourth-order valence-corrected chi connectivity index (χ4v) is 5.10. The highest BCUT2D eigenvalue weighted by Gasteiger charge is 2.70. The zero-order valence-corrected chi connectivity index (χ0v) is 15.0. The summed E-state index contributed by atoms with van der Waals surface area (Å²) >= 11 is 0. The van der Waals surface area contributed by atoms with Gasteiger partial charge in [0.2, 0.25) is 5.78 Å². The van der Waals surface area contributed by atoms with Gasteiger partial charge in [-0.05, 0) is 67.9 Å². The Hall–Kier alpha value is -2.69. The van der Waals surface area contributed by atoms with Crippen LogP contribution in [0.25, 0.3) is 5.78 Å². The van der Waals surface area contributed by atoms with E-state index in [1.165, 1.54) is 16.8 Å². The van der Waals surface area contributed by atoms with Crippen LogP contribution in [0.5, 0.6) is 0 Å². The van der Waals surface area contributed by atoms with Crippen LogP contribution >= 0.6 is 0 Å². The molecule has 0 N–H and O–H groups in total. The maximum Gasteiger partial charge on any atom is 0.338 e. The lowest BCUT2D eigenvalue weighted by molar-refractivity contribution is -0.0732. The van der Waals surface area contributed by atoms with Gasteiger partial charge in [0.05, 0.1) is 24.1 Å². The van der Waals surface area contributed by atoms with Gasteiger partial charge in [-0.3, -0.25) is 4.40 Å². The van der Waals surface area contributed by atoms with Crippen LogP contribution in [-0.2, 0) is 15.6 Å². The molecule has 132 valence electrons. The number of imidazole rings is 1. The molecule has 0 amide bonds. The van der Waals surface area contributed by atoms with E-state index in [1.807, 2.05) is 43.6 Å². The van der Waals surface area contributed by atoms with E-state index in [1.54, 1.807) is 6.20 Å². The van der Waals surface area contributed by atoms with Crippen LogP contribution < -0.4 is 0 Å². The van der Waals surface area contributed by atoms with E-state index >= 15 is 0 Å². The van der Waals surface area contributed by atoms with Crippen LogP contribution in [0.15, 0.2) is 42.9 Å². The van der Waals surface area contributed by atoms with E-state index in [0.29, 0.717) is 12.2 Å². The molecule has 6 rings (SSSR count). The van der Waals surface area contributed by atoms with Crippen LogP contribution in [-0.4, -0.2) is 26.9 Å². The van der Waals surface area contributed by atoms with Crippen molar-refractivity contribution in [2.45, 2.75) is 43.9 Å². The summed E-state index contributed by atoms with van der Waals surface area (Å²) in [6.45, 7) is 4.37. The van der Waals surface area contributed by atoms with Gasteiger partial charge in [-0.25, -0.2) is 14.8 Å². The fraction of sp³-hybridized carbons (Fsp3) is 0.381. The Bertz CT molecular complexity index is 1020. The molecule has 3 aromatic rings. The van der Waals surface area contributed by atoms with Crippen molar-refractivity contribution in [1.29, 1.82) is 0 Å². The van der Waals surface area contributed by atoms with Crippen molar-refractivity contribution >= 4 is 11.7 Å². The topological polar surface area (TPSA) is 56.5 Å². The highest BCUT2D eigenvalue weighted by molar-refractivity contribution is 5.90. The summed E-state index contributed by atoms with van der Waals surface area (Å²) in [4.78, 5) is 20.9. The average Bonchev–Trinajstić information content (AvgIpc) is 2.99. The number of carbonyl (C=O) groups is 1. The minimum atomic E-state index is -0.233. The van der Waals surface area contributed by atoms with Crippen molar-refractivity contribution in [3.63, 3.8) is 0 Å². The lowest BCUT2D eigenvalue weighted by Crippen LogP contribution is -2.67. The number of hydrogen-bond acceptors (Lipinski definition) is 4. The van der Waals surface area contributed by atoms with Gasteiger partial charge in [0.15, 0.2) is 0 Å². The largest absolute Gasteiger partial charge is 0.462 e. The molecule has 0 spiro atoms. The van der Waals surface area contributed by atoms with Gasteiger partial charge in [-0.1, -0.05) is 6.07 Å². The molecule has 2 aromatic heterocycles. The first-order chi connectivity index (χ1) is 12.6. The summed E-state index contributed by atoms with van der Waals surface area (Å²) < 4.78 is 7.29. The summed E-state index contributed by atoms with van der Waals surface area (Å²) in [7, 11) is 0. The van der Waals surface area contributed by atoms with Crippen LogP contribution in [0.4, 0.5) is 0 Å². The van der Waals surface area contributed by atoms with E-state index in [4.69, 9.17) is 4.74 Å². The van der Waals surface area contributed by atoms with Crippen LogP contribution in [0.2, 0.25) is 0 Å². The number of aryl methyl sites for hydroxylation is 1. The minimum absolute atomic E-state index is 0.193. The molecule has 0 saturated heterocycles. The first kappa shape index (κ1) is 15.6. The van der Waals surface area contributed by atoms with E-state index in [2.05, 4.69) is 21.3 Å². The Morgan fingerprint density at radius 2 is 2.04 bits per heavy atom. The third-order valence-electron chi connectivity index (χ3n) is 6.18. The molecule has 0 unspecified atom stereocenters. The molecule has 0 atom stereocenters. The standard InChI is InChI=1S/C21H21N3O2/c1-3-26-18(25)15-6-5-14(2)16(9-15)20-11-21(12-20,13-20)17-10-23-19-22-7-4-8-24(17)19/h4-10H,3,11-13H2,1-2H3. The van der Waals surface area contributed by atoms with Gasteiger partial charge in [-0.15, -0.1) is 0 Å². The number of nitrogens with zero attached hydrogens (tertiary/aromatic N) is 3. The maximum absolute atomic E-state index is 12.1. The van der Waals surface area contributed by atoms with Crippen molar-refractivity contribution in [3.8, 4) is 0 Å². The number of benzene rings is 1. The first-order valence-electron chi connectivity index (χ1n) is 9.14. The van der Waals surface area contributed by atoms with Gasteiger partial charge in [0.1, 0.15) is 0 Å². The number of rotatable bonds is 4. The average molecular weight is 347 g/mol. The van der Waals surface area contributed by atoms with E-state index < -0.39 is 0 Å². The zero-order valence-electron chi connectivity index (χ0n) is 15.0. The monoisotopic (exact) mass is 347 g/mol. The van der Waals surface area contributed by atoms with Crippen molar-refractivity contribution in [2.24, 2.45) is 0 Å². The van der Waals surface area contributed by atoms with Gasteiger partial charge in [-0.2, -0.15) is 0 Å². The molecule has 0 aliphatic heterocycles. The van der Waals surface area contributed by atoms with Gasteiger partial charge >= 0.3 is 5.97 Å². The highest BCUT2D eigenvalue weighted by Crippen LogP contribution is 2.74. The molecular formula is C21H21N3O2. The van der Waals surface area contributed by atoms with Crippen LogP contribution in [0.3, 0.4) is 0 Å². The highest BCUT2D eigenvalue weighted by atomic mass is 16.5. The lowest BCUT2D eigenvalue weighted by Gasteiger charge is -2.71. The molecule has 1 aromatic carbocycles. The van der Waals surface area contributed by atoms with Crippen LogP contribution in [0.1, 0.15) is 53.4 Å². The van der Waals surface area contributed by atoms with E-state index in [0.717, 1.165) is 25.0 Å². The Morgan fingerprint density at radius 1 is 1.23 bits per heavy atom. The molecule has 26 heavy (non-hydrogen) atoms. The molecule has 0 radical (unpaired) electrons. The van der Waals surface area contributed by atoms with Gasteiger partial charge < -0.3 is 4.74 Å². The minimum Gasteiger partial charge on any atom is -0.462 e. The van der Waals surface area contributed by atoms with Crippen molar-refractivity contribution < 1.29 is 9.53 Å². The number of esters is 1. The molecule has 2 heterocycles. The fourth-order valence-electron chi connectivity index (χ4n) is 5.10. The maximum atomic E-state index is 12.1.